The van der Waals surface area contributed by atoms with Crippen molar-refractivity contribution in [2.75, 3.05) is 23.7 Å². The molecule has 222 valence electrons. The molecule has 1 aliphatic rings. The van der Waals surface area contributed by atoms with Gasteiger partial charge in [0.2, 0.25) is 0 Å². The molecule has 2 heterocycles. The first-order chi connectivity index (χ1) is 19.9. The Morgan fingerprint density at radius 2 is 1.64 bits per heavy atom. The molecule has 9 nitrogen and oxygen atoms in total. The van der Waals surface area contributed by atoms with Crippen LogP contribution in [0.1, 0.15) is 55.1 Å². The summed E-state index contributed by atoms with van der Waals surface area (Å²) in [5, 5.41) is 6.14. The summed E-state index contributed by atoms with van der Waals surface area (Å²) in [6.07, 6.45) is 2.47. The van der Waals surface area contributed by atoms with Crippen molar-refractivity contribution in [1.29, 1.82) is 0 Å². The van der Waals surface area contributed by atoms with E-state index in [9.17, 15) is 23.2 Å². The fourth-order valence-corrected chi connectivity index (χ4v) is 4.69. The summed E-state index contributed by atoms with van der Waals surface area (Å²) in [6.45, 7) is 6.52. The van der Waals surface area contributed by atoms with E-state index in [4.69, 9.17) is 10.5 Å². The second kappa shape index (κ2) is 13.0. The van der Waals surface area contributed by atoms with Crippen molar-refractivity contribution in [1.82, 2.24) is 9.88 Å². The van der Waals surface area contributed by atoms with Crippen LogP contribution in [-0.4, -0.2) is 46.4 Å². The van der Waals surface area contributed by atoms with Gasteiger partial charge in [0.15, 0.2) is 0 Å². The van der Waals surface area contributed by atoms with E-state index >= 15 is 0 Å². The van der Waals surface area contributed by atoms with Crippen LogP contribution in [0.3, 0.4) is 0 Å². The van der Waals surface area contributed by atoms with E-state index in [1.54, 1.807) is 11.0 Å². The summed E-state index contributed by atoms with van der Waals surface area (Å²) in [5.41, 5.74) is 7.32. The van der Waals surface area contributed by atoms with E-state index in [2.05, 4.69) is 15.6 Å². The Morgan fingerprint density at radius 1 is 1.00 bits per heavy atom. The molecule has 0 unspecified atom stereocenters. The molecule has 0 radical (unpaired) electrons. The number of nitrogens with one attached hydrogen (secondary N) is 2. The number of nitrogens with zero attached hydrogens (tertiary/aromatic N) is 2. The molecule has 4 N–H and O–H groups in total. The van der Waals surface area contributed by atoms with Gasteiger partial charge in [-0.15, -0.1) is 0 Å². The highest BCUT2D eigenvalue weighted by Crippen LogP contribution is 2.25. The number of rotatable bonds is 9. The Kier molecular flexibility index (Phi) is 9.39. The Hall–Kier alpha value is -4.54. The van der Waals surface area contributed by atoms with Gasteiger partial charge in [-0.25, -0.2) is 18.6 Å². The number of carbonyl (C=O) groups excluding carboxylic acids is 3. The van der Waals surface area contributed by atoms with Crippen LogP contribution < -0.4 is 16.4 Å². The monoisotopic (exact) mass is 579 g/mol. The average Bonchev–Trinajstić information content (AvgIpc) is 2.91. The van der Waals surface area contributed by atoms with Gasteiger partial charge in [-0.05, 0) is 69.0 Å². The number of ether oxygens (including phenoxy) is 1. The lowest BCUT2D eigenvalue weighted by Gasteiger charge is -2.33. The number of pyridine rings is 1. The molecule has 0 spiro atoms. The third-order valence-corrected chi connectivity index (χ3v) is 6.78. The number of ketones is 1. The smallest absolute Gasteiger partial charge is 0.410 e. The number of anilines is 3. The molecule has 1 fully saturated rings. The Morgan fingerprint density at radius 3 is 2.24 bits per heavy atom. The standard InChI is InChI=1S/C31H35F2N5O4/c1-31(2,3)42-30(41)38-10-8-21(9-11-38)27(39)14-19-4-6-24(7-5-19)37-28-16-26(25(18-36-28)29(34)40)35-17-20-12-22(32)15-23(33)13-20/h4-7,12-13,15-16,18,21H,8-11,14,17H2,1-3H3,(H2,34,40)(H2,35,36,37). The number of hydrogen-bond acceptors (Lipinski definition) is 7. The summed E-state index contributed by atoms with van der Waals surface area (Å²) in [4.78, 5) is 43.0. The highest BCUT2D eigenvalue weighted by molar-refractivity contribution is 5.98. The third-order valence-electron chi connectivity index (χ3n) is 6.78. The lowest BCUT2D eigenvalue weighted by molar-refractivity contribution is -0.123. The summed E-state index contributed by atoms with van der Waals surface area (Å²) >= 11 is 0. The summed E-state index contributed by atoms with van der Waals surface area (Å²) in [6, 6.07) is 12.1. The van der Waals surface area contributed by atoms with Crippen molar-refractivity contribution >= 4 is 35.0 Å². The second-order valence-electron chi connectivity index (χ2n) is 11.3. The van der Waals surface area contributed by atoms with Crippen molar-refractivity contribution in [3.05, 3.63) is 83.1 Å². The zero-order valence-corrected chi connectivity index (χ0v) is 23.9. The van der Waals surface area contributed by atoms with Gasteiger partial charge in [0.1, 0.15) is 28.8 Å². The number of carbonyl (C=O) groups is 3. The number of aromatic nitrogens is 1. The van der Waals surface area contributed by atoms with Gasteiger partial charge in [-0.3, -0.25) is 9.59 Å². The van der Waals surface area contributed by atoms with Gasteiger partial charge in [0.25, 0.3) is 5.91 Å². The maximum atomic E-state index is 13.5. The Bertz CT molecular complexity index is 1430. The molecule has 0 atom stereocenters. The van der Waals surface area contributed by atoms with E-state index in [0.717, 1.165) is 11.6 Å². The molecule has 4 rings (SSSR count). The van der Waals surface area contributed by atoms with Crippen LogP contribution in [0.4, 0.5) is 30.8 Å². The minimum absolute atomic E-state index is 0.0567. The van der Waals surface area contributed by atoms with Gasteiger partial charge in [0, 0.05) is 56.0 Å². The molecule has 2 aromatic carbocycles. The molecule has 1 aromatic heterocycles. The van der Waals surface area contributed by atoms with Crippen molar-refractivity contribution < 1.29 is 27.9 Å². The third kappa shape index (κ3) is 8.48. The van der Waals surface area contributed by atoms with E-state index < -0.39 is 23.1 Å². The van der Waals surface area contributed by atoms with Gasteiger partial charge < -0.3 is 26.0 Å². The number of benzene rings is 2. The quantitative estimate of drug-likeness (QED) is 0.302. The van der Waals surface area contributed by atoms with E-state index in [0.29, 0.717) is 48.7 Å². The summed E-state index contributed by atoms with van der Waals surface area (Å²) in [7, 11) is 0. The maximum absolute atomic E-state index is 13.5. The fourth-order valence-electron chi connectivity index (χ4n) is 4.69. The minimum Gasteiger partial charge on any atom is -0.444 e. The first-order valence-corrected chi connectivity index (χ1v) is 13.7. The maximum Gasteiger partial charge on any atom is 0.410 e. The van der Waals surface area contributed by atoms with Crippen molar-refractivity contribution in [3.8, 4) is 0 Å². The number of likely N-dealkylation sites (tertiary alicyclic amines) is 1. The molecule has 2 amide bonds. The van der Waals surface area contributed by atoms with Crippen LogP contribution in [-0.2, 0) is 22.5 Å². The molecule has 1 aliphatic heterocycles. The number of Topliss-reactive ketones (excluding diaryl/α,β-unsaturated/α-hetero) is 1. The Labute approximate surface area is 243 Å². The van der Waals surface area contributed by atoms with Crippen LogP contribution in [0.5, 0.6) is 0 Å². The van der Waals surface area contributed by atoms with E-state index in [1.165, 1.54) is 18.3 Å². The highest BCUT2D eigenvalue weighted by atomic mass is 19.1. The fraction of sp³-hybridized carbons (Fsp3) is 0.355. The molecule has 0 aliphatic carbocycles. The molecule has 11 heteroatoms. The zero-order valence-electron chi connectivity index (χ0n) is 23.9. The van der Waals surface area contributed by atoms with E-state index in [-0.39, 0.29) is 36.3 Å². The molecule has 1 saturated heterocycles. The van der Waals surface area contributed by atoms with Gasteiger partial charge >= 0.3 is 6.09 Å². The number of halogens is 2. The second-order valence-corrected chi connectivity index (χ2v) is 11.3. The van der Waals surface area contributed by atoms with Crippen LogP contribution in [0.15, 0.2) is 54.7 Å². The number of nitrogens with two attached hydrogens (primary N) is 1. The van der Waals surface area contributed by atoms with Crippen LogP contribution >= 0.6 is 0 Å². The molecule has 0 saturated carbocycles. The number of hydrogen-bond donors (Lipinski definition) is 3. The van der Waals surface area contributed by atoms with Crippen LogP contribution in [0, 0.1) is 17.6 Å². The van der Waals surface area contributed by atoms with Gasteiger partial charge in [-0.2, -0.15) is 0 Å². The largest absolute Gasteiger partial charge is 0.444 e. The molecular formula is C31H35F2N5O4. The first-order valence-electron chi connectivity index (χ1n) is 13.7. The molecule has 0 bridgehead atoms. The SMILES string of the molecule is CC(C)(C)OC(=O)N1CCC(C(=O)Cc2ccc(Nc3cc(NCc4cc(F)cc(F)c4)c(C(N)=O)cn3)cc2)CC1. The minimum atomic E-state index is -0.702. The average molecular weight is 580 g/mol. The van der Waals surface area contributed by atoms with Crippen molar-refractivity contribution in [2.24, 2.45) is 11.7 Å². The normalized spacial score (nSPS) is 13.9. The van der Waals surface area contributed by atoms with E-state index in [1.807, 2.05) is 45.0 Å². The van der Waals surface area contributed by atoms with Gasteiger partial charge in [-0.1, -0.05) is 12.1 Å². The lowest BCUT2D eigenvalue weighted by Crippen LogP contribution is -2.43. The lowest BCUT2D eigenvalue weighted by atomic mass is 9.89. The first kappa shape index (κ1) is 30.4. The molecular weight excluding hydrogens is 544 g/mol. The van der Waals surface area contributed by atoms with Gasteiger partial charge in [0.05, 0.1) is 11.3 Å². The predicted molar refractivity (Wildman–Crippen MR) is 155 cm³/mol. The molecule has 42 heavy (non-hydrogen) atoms. The summed E-state index contributed by atoms with van der Waals surface area (Å²) < 4.78 is 32.5. The van der Waals surface area contributed by atoms with Crippen LogP contribution in [0.2, 0.25) is 0 Å². The zero-order chi connectivity index (χ0) is 30.4. The number of piperidine rings is 1. The highest BCUT2D eigenvalue weighted by Gasteiger charge is 2.29. The van der Waals surface area contributed by atoms with Crippen molar-refractivity contribution in [3.63, 3.8) is 0 Å². The molecule has 3 aromatic rings. The number of primary amides is 1. The topological polar surface area (TPSA) is 127 Å². The Balaban J connectivity index is 1.33. The summed E-state index contributed by atoms with van der Waals surface area (Å²) in [5.74, 6) is -1.66. The van der Waals surface area contributed by atoms with Crippen LogP contribution in [0.25, 0.3) is 0 Å². The van der Waals surface area contributed by atoms with Crippen molar-refractivity contribution in [2.45, 2.75) is 52.2 Å². The predicted octanol–water partition coefficient (Wildman–Crippen LogP) is 5.57. The number of amides is 2.